The summed E-state index contributed by atoms with van der Waals surface area (Å²) in [6, 6.07) is 9.36. The molecule has 0 saturated carbocycles. The van der Waals surface area contributed by atoms with E-state index in [0.717, 1.165) is 17.2 Å². The molecule has 80 valence electrons. The molecule has 0 aromatic carbocycles. The van der Waals surface area contributed by atoms with Crippen molar-refractivity contribution in [2.45, 2.75) is 13.5 Å². The quantitative estimate of drug-likeness (QED) is 0.850. The van der Waals surface area contributed by atoms with Crippen LogP contribution in [0.25, 0.3) is 0 Å². The molecule has 0 unspecified atom stereocenters. The maximum Gasteiger partial charge on any atom is 0.142 e. The Kier molecular flexibility index (Phi) is 2.88. The van der Waals surface area contributed by atoms with Gasteiger partial charge in [0.2, 0.25) is 0 Å². The van der Waals surface area contributed by atoms with Crippen molar-refractivity contribution in [2.75, 3.05) is 5.32 Å². The molecule has 0 saturated heterocycles. The fourth-order valence-corrected chi connectivity index (χ4v) is 1.37. The first-order valence-electron chi connectivity index (χ1n) is 4.93. The second-order valence-electron chi connectivity index (χ2n) is 3.41. The van der Waals surface area contributed by atoms with Crippen molar-refractivity contribution in [3.8, 4) is 6.07 Å². The standard InChI is InChI=1S/C12H11N3O/c1-9-2-3-12(16-9)8-15-10-4-5-14-11(6-10)7-13/h2-6H,8H2,1H3,(H,14,15). The van der Waals surface area contributed by atoms with Gasteiger partial charge in [-0.2, -0.15) is 5.26 Å². The third-order valence-electron chi connectivity index (χ3n) is 2.14. The highest BCUT2D eigenvalue weighted by molar-refractivity contribution is 5.45. The molecule has 4 heteroatoms. The van der Waals surface area contributed by atoms with Crippen molar-refractivity contribution in [3.05, 3.63) is 47.7 Å². The summed E-state index contributed by atoms with van der Waals surface area (Å²) in [4.78, 5) is 3.89. The normalized spacial score (nSPS) is 9.75. The Labute approximate surface area is 93.5 Å². The predicted octanol–water partition coefficient (Wildman–Crippen LogP) is 2.47. The number of nitrogens with zero attached hydrogens (tertiary/aromatic N) is 2. The van der Waals surface area contributed by atoms with E-state index in [0.29, 0.717) is 12.2 Å². The van der Waals surface area contributed by atoms with Gasteiger partial charge in [0.25, 0.3) is 0 Å². The highest BCUT2D eigenvalue weighted by Gasteiger charge is 1.99. The summed E-state index contributed by atoms with van der Waals surface area (Å²) in [6.07, 6.45) is 1.61. The minimum Gasteiger partial charge on any atom is -0.465 e. The molecule has 2 rings (SSSR count). The summed E-state index contributed by atoms with van der Waals surface area (Å²) < 4.78 is 5.42. The van der Waals surface area contributed by atoms with E-state index < -0.39 is 0 Å². The average Bonchev–Trinajstić information content (AvgIpc) is 2.73. The summed E-state index contributed by atoms with van der Waals surface area (Å²) in [7, 11) is 0. The van der Waals surface area contributed by atoms with Crippen LogP contribution in [0, 0.1) is 18.3 Å². The van der Waals surface area contributed by atoms with Gasteiger partial charge in [0.15, 0.2) is 0 Å². The minimum atomic E-state index is 0.403. The van der Waals surface area contributed by atoms with Gasteiger partial charge in [0, 0.05) is 11.9 Å². The second kappa shape index (κ2) is 4.49. The number of nitrogens with one attached hydrogen (secondary N) is 1. The zero-order chi connectivity index (χ0) is 11.4. The molecule has 2 aromatic heterocycles. The Hall–Kier alpha value is -2.28. The van der Waals surface area contributed by atoms with Crippen LogP contribution >= 0.6 is 0 Å². The summed E-state index contributed by atoms with van der Waals surface area (Å²) in [6.45, 7) is 2.51. The third-order valence-corrected chi connectivity index (χ3v) is 2.14. The molecular weight excluding hydrogens is 202 g/mol. The van der Waals surface area contributed by atoms with E-state index in [9.17, 15) is 0 Å². The highest BCUT2D eigenvalue weighted by Crippen LogP contribution is 2.11. The lowest BCUT2D eigenvalue weighted by molar-refractivity contribution is 0.490. The smallest absolute Gasteiger partial charge is 0.142 e. The number of hydrogen-bond donors (Lipinski definition) is 1. The molecule has 1 N–H and O–H groups in total. The highest BCUT2D eigenvalue weighted by atomic mass is 16.3. The molecule has 0 aliphatic heterocycles. The van der Waals surface area contributed by atoms with E-state index in [1.54, 1.807) is 12.3 Å². The molecule has 0 aliphatic rings. The van der Waals surface area contributed by atoms with Gasteiger partial charge in [-0.3, -0.25) is 0 Å². The molecule has 0 spiro atoms. The molecule has 0 bridgehead atoms. The number of rotatable bonds is 3. The zero-order valence-corrected chi connectivity index (χ0v) is 8.90. The van der Waals surface area contributed by atoms with Gasteiger partial charge in [0.05, 0.1) is 6.54 Å². The van der Waals surface area contributed by atoms with Crippen molar-refractivity contribution >= 4 is 5.69 Å². The van der Waals surface area contributed by atoms with E-state index >= 15 is 0 Å². The molecule has 0 amide bonds. The number of furan rings is 1. The monoisotopic (exact) mass is 213 g/mol. The minimum absolute atomic E-state index is 0.403. The lowest BCUT2D eigenvalue weighted by Crippen LogP contribution is -1.98. The summed E-state index contributed by atoms with van der Waals surface area (Å²) in [5, 5.41) is 11.9. The van der Waals surface area contributed by atoms with Gasteiger partial charge < -0.3 is 9.73 Å². The van der Waals surface area contributed by atoms with Crippen LogP contribution in [0.15, 0.2) is 34.9 Å². The van der Waals surface area contributed by atoms with Gasteiger partial charge in [-0.05, 0) is 31.2 Å². The van der Waals surface area contributed by atoms with Gasteiger partial charge in [0.1, 0.15) is 23.3 Å². The van der Waals surface area contributed by atoms with E-state index in [-0.39, 0.29) is 0 Å². The first-order valence-corrected chi connectivity index (χ1v) is 4.93. The van der Waals surface area contributed by atoms with Crippen LogP contribution in [-0.2, 0) is 6.54 Å². The molecule has 0 radical (unpaired) electrons. The van der Waals surface area contributed by atoms with Gasteiger partial charge in [-0.25, -0.2) is 4.98 Å². The first kappa shape index (κ1) is 10.2. The van der Waals surface area contributed by atoms with Crippen molar-refractivity contribution in [3.63, 3.8) is 0 Å². The molecule has 0 fully saturated rings. The number of aryl methyl sites for hydroxylation is 1. The second-order valence-corrected chi connectivity index (χ2v) is 3.41. The molecule has 0 atom stereocenters. The van der Waals surface area contributed by atoms with Crippen molar-refractivity contribution in [1.29, 1.82) is 5.26 Å². The Bertz CT molecular complexity index is 525. The molecule has 2 aromatic rings. The van der Waals surface area contributed by atoms with Crippen LogP contribution in [0.4, 0.5) is 5.69 Å². The average molecular weight is 213 g/mol. The van der Waals surface area contributed by atoms with E-state index in [1.165, 1.54) is 0 Å². The van der Waals surface area contributed by atoms with Gasteiger partial charge in [-0.15, -0.1) is 0 Å². The Morgan fingerprint density at radius 3 is 3.00 bits per heavy atom. The summed E-state index contributed by atoms with van der Waals surface area (Å²) in [5.41, 5.74) is 1.27. The first-order chi connectivity index (χ1) is 7.78. The number of anilines is 1. The Balaban J connectivity index is 2.02. The van der Waals surface area contributed by atoms with Crippen LogP contribution in [0.5, 0.6) is 0 Å². The van der Waals surface area contributed by atoms with Crippen molar-refractivity contribution in [1.82, 2.24) is 4.98 Å². The molecular formula is C12H11N3O. The molecule has 16 heavy (non-hydrogen) atoms. The van der Waals surface area contributed by atoms with Crippen LogP contribution in [0.1, 0.15) is 17.2 Å². The van der Waals surface area contributed by atoms with Crippen LogP contribution < -0.4 is 5.32 Å². The summed E-state index contributed by atoms with van der Waals surface area (Å²) in [5.74, 6) is 1.76. The van der Waals surface area contributed by atoms with Crippen molar-refractivity contribution in [2.24, 2.45) is 0 Å². The van der Waals surface area contributed by atoms with Gasteiger partial charge in [-0.1, -0.05) is 0 Å². The third kappa shape index (κ3) is 2.39. The lowest BCUT2D eigenvalue weighted by atomic mass is 10.3. The Morgan fingerprint density at radius 1 is 1.44 bits per heavy atom. The van der Waals surface area contributed by atoms with Crippen LogP contribution in [-0.4, -0.2) is 4.98 Å². The fraction of sp³-hybridized carbons (Fsp3) is 0.167. The van der Waals surface area contributed by atoms with Crippen LogP contribution in [0.2, 0.25) is 0 Å². The predicted molar refractivity (Wildman–Crippen MR) is 59.7 cm³/mol. The van der Waals surface area contributed by atoms with E-state index in [4.69, 9.17) is 9.68 Å². The van der Waals surface area contributed by atoms with Crippen molar-refractivity contribution < 1.29 is 4.42 Å². The number of pyridine rings is 1. The SMILES string of the molecule is Cc1ccc(CNc2ccnc(C#N)c2)o1. The maximum absolute atomic E-state index is 8.69. The topological polar surface area (TPSA) is 61.9 Å². The van der Waals surface area contributed by atoms with E-state index in [2.05, 4.69) is 10.3 Å². The maximum atomic E-state index is 8.69. The largest absolute Gasteiger partial charge is 0.465 e. The van der Waals surface area contributed by atoms with Gasteiger partial charge >= 0.3 is 0 Å². The Morgan fingerprint density at radius 2 is 2.31 bits per heavy atom. The fourth-order valence-electron chi connectivity index (χ4n) is 1.37. The molecule has 0 aliphatic carbocycles. The summed E-state index contributed by atoms with van der Waals surface area (Å²) >= 11 is 0. The lowest BCUT2D eigenvalue weighted by Gasteiger charge is -2.03. The number of aromatic nitrogens is 1. The number of nitriles is 1. The molecule has 4 nitrogen and oxygen atoms in total. The van der Waals surface area contributed by atoms with E-state index in [1.807, 2.05) is 31.2 Å². The van der Waals surface area contributed by atoms with Crippen LogP contribution in [0.3, 0.4) is 0 Å². The molecule has 2 heterocycles. The zero-order valence-electron chi connectivity index (χ0n) is 8.90. The number of hydrogen-bond acceptors (Lipinski definition) is 4.